The van der Waals surface area contributed by atoms with E-state index >= 15 is 0 Å². The molecule has 5 heteroatoms. The van der Waals surface area contributed by atoms with Gasteiger partial charge in [0.1, 0.15) is 5.75 Å². The van der Waals surface area contributed by atoms with Crippen molar-refractivity contribution < 1.29 is 4.74 Å². The Kier molecular flexibility index (Phi) is 2.72. The predicted molar refractivity (Wildman–Crippen MR) is 92.3 cm³/mol. The van der Waals surface area contributed by atoms with E-state index in [-0.39, 0.29) is 6.01 Å². The zero-order chi connectivity index (χ0) is 15.9. The number of fused-ring (bicyclic) bond motifs is 4. The Bertz CT molecular complexity index is 1180. The number of hydrogen-bond acceptors (Lipinski definition) is 4. The fourth-order valence-electron chi connectivity index (χ4n) is 2.83. The van der Waals surface area contributed by atoms with Gasteiger partial charge in [0.05, 0.1) is 5.52 Å². The second kappa shape index (κ2) is 5.03. The van der Waals surface area contributed by atoms with Gasteiger partial charge in [0, 0.05) is 11.6 Å². The van der Waals surface area contributed by atoms with E-state index in [1.807, 2.05) is 48.7 Å². The van der Waals surface area contributed by atoms with E-state index < -0.39 is 0 Å². The first-order chi connectivity index (χ1) is 11.9. The molecule has 0 radical (unpaired) electrons. The highest BCUT2D eigenvalue weighted by Gasteiger charge is 2.10. The van der Waals surface area contributed by atoms with Crippen LogP contribution in [-0.4, -0.2) is 19.6 Å². The molecule has 2 aromatic heterocycles. The molecule has 0 N–H and O–H groups in total. The van der Waals surface area contributed by atoms with Gasteiger partial charge in [0.25, 0.3) is 5.78 Å². The average Bonchev–Trinajstić information content (AvgIpc) is 3.04. The zero-order valence-electron chi connectivity index (χ0n) is 12.6. The predicted octanol–water partition coefficient (Wildman–Crippen LogP) is 4.22. The van der Waals surface area contributed by atoms with E-state index in [0.29, 0.717) is 11.5 Å². The highest BCUT2D eigenvalue weighted by Crippen LogP contribution is 2.24. The summed E-state index contributed by atoms with van der Waals surface area (Å²) >= 11 is 0. The smallest absolute Gasteiger partial charge is 0.343 e. The van der Waals surface area contributed by atoms with Crippen molar-refractivity contribution in [2.75, 3.05) is 0 Å². The Labute approximate surface area is 137 Å². The molecule has 0 bridgehead atoms. The Balaban J connectivity index is 1.70. The summed E-state index contributed by atoms with van der Waals surface area (Å²) < 4.78 is 7.44. The molecule has 0 fully saturated rings. The Hall–Kier alpha value is -3.47. The van der Waals surface area contributed by atoms with Crippen molar-refractivity contribution in [3.05, 3.63) is 72.9 Å². The lowest BCUT2D eigenvalue weighted by Gasteiger charge is -2.03. The molecule has 0 unspecified atom stereocenters. The van der Waals surface area contributed by atoms with E-state index in [1.54, 1.807) is 4.52 Å². The van der Waals surface area contributed by atoms with Crippen molar-refractivity contribution in [1.82, 2.24) is 19.6 Å². The van der Waals surface area contributed by atoms with Gasteiger partial charge in [-0.05, 0) is 35.0 Å². The molecule has 0 atom stereocenters. The fraction of sp³-hybridized carbons (Fsp3) is 0. The van der Waals surface area contributed by atoms with Gasteiger partial charge in [-0.3, -0.25) is 0 Å². The third-order valence-corrected chi connectivity index (χ3v) is 3.97. The molecule has 24 heavy (non-hydrogen) atoms. The van der Waals surface area contributed by atoms with Crippen molar-refractivity contribution in [2.45, 2.75) is 0 Å². The number of rotatable bonds is 2. The maximum Gasteiger partial charge on any atom is 0.343 e. The number of aromatic nitrogens is 4. The standard InChI is InChI=1S/C19H12N4O/c1-2-8-16(9-3-1)24-19-21-18-20-12-15-10-13-6-4-5-7-14(13)11-17(15)23(18)22-19/h1-12H. The Morgan fingerprint density at radius 1 is 0.792 bits per heavy atom. The molecule has 0 aliphatic carbocycles. The molecule has 0 aliphatic rings. The van der Waals surface area contributed by atoms with Crippen molar-refractivity contribution in [1.29, 1.82) is 0 Å². The van der Waals surface area contributed by atoms with Gasteiger partial charge >= 0.3 is 6.01 Å². The summed E-state index contributed by atoms with van der Waals surface area (Å²) in [6, 6.07) is 22.2. The summed E-state index contributed by atoms with van der Waals surface area (Å²) in [6.45, 7) is 0. The van der Waals surface area contributed by atoms with Gasteiger partial charge in [0.2, 0.25) is 0 Å². The lowest BCUT2D eigenvalue weighted by Crippen LogP contribution is -1.93. The van der Waals surface area contributed by atoms with Crippen LogP contribution in [0.15, 0.2) is 72.9 Å². The van der Waals surface area contributed by atoms with Crippen LogP contribution in [-0.2, 0) is 0 Å². The van der Waals surface area contributed by atoms with Crippen molar-refractivity contribution >= 4 is 27.5 Å². The third-order valence-electron chi connectivity index (χ3n) is 3.97. The Morgan fingerprint density at radius 2 is 1.54 bits per heavy atom. The van der Waals surface area contributed by atoms with Gasteiger partial charge < -0.3 is 4.74 Å². The van der Waals surface area contributed by atoms with E-state index in [1.165, 1.54) is 5.39 Å². The molecular weight excluding hydrogens is 300 g/mol. The van der Waals surface area contributed by atoms with Crippen LogP contribution in [0.4, 0.5) is 0 Å². The molecule has 0 saturated heterocycles. The number of para-hydroxylation sites is 1. The molecular formula is C19H12N4O. The summed E-state index contributed by atoms with van der Waals surface area (Å²) in [4.78, 5) is 8.74. The molecule has 3 aromatic carbocycles. The normalized spacial score (nSPS) is 11.3. The third kappa shape index (κ3) is 2.06. The van der Waals surface area contributed by atoms with E-state index in [2.05, 4.69) is 39.3 Å². The molecule has 2 heterocycles. The zero-order valence-corrected chi connectivity index (χ0v) is 12.6. The summed E-state index contributed by atoms with van der Waals surface area (Å²) in [5, 5.41) is 7.80. The van der Waals surface area contributed by atoms with Crippen LogP contribution in [0.3, 0.4) is 0 Å². The van der Waals surface area contributed by atoms with Crippen molar-refractivity contribution in [3.63, 3.8) is 0 Å². The van der Waals surface area contributed by atoms with Crippen LogP contribution in [0, 0.1) is 0 Å². The van der Waals surface area contributed by atoms with Gasteiger partial charge in [0.15, 0.2) is 0 Å². The topological polar surface area (TPSA) is 52.3 Å². The van der Waals surface area contributed by atoms with Gasteiger partial charge in [-0.15, -0.1) is 5.10 Å². The SMILES string of the molecule is c1ccc(Oc2nc3ncc4cc5ccccc5cc4n3n2)cc1. The average molecular weight is 312 g/mol. The van der Waals surface area contributed by atoms with Gasteiger partial charge in [-0.25, -0.2) is 4.98 Å². The van der Waals surface area contributed by atoms with E-state index in [4.69, 9.17) is 4.74 Å². The van der Waals surface area contributed by atoms with Gasteiger partial charge in [-0.2, -0.15) is 9.50 Å². The second-order valence-corrected chi connectivity index (χ2v) is 5.54. The van der Waals surface area contributed by atoms with Crippen LogP contribution < -0.4 is 4.74 Å². The quantitative estimate of drug-likeness (QED) is 0.458. The van der Waals surface area contributed by atoms with Crippen LogP contribution >= 0.6 is 0 Å². The summed E-state index contributed by atoms with van der Waals surface area (Å²) in [5.74, 6) is 1.21. The molecule has 0 aliphatic heterocycles. The Morgan fingerprint density at radius 3 is 2.38 bits per heavy atom. The van der Waals surface area contributed by atoms with Crippen LogP contribution in [0.1, 0.15) is 0 Å². The molecule has 5 nitrogen and oxygen atoms in total. The maximum absolute atomic E-state index is 5.72. The molecule has 0 amide bonds. The minimum absolute atomic E-state index is 0.286. The molecule has 5 rings (SSSR count). The van der Waals surface area contributed by atoms with Gasteiger partial charge in [-0.1, -0.05) is 42.5 Å². The number of nitrogens with zero attached hydrogens (tertiary/aromatic N) is 4. The minimum Gasteiger partial charge on any atom is -0.423 e. The molecule has 0 spiro atoms. The summed E-state index contributed by atoms with van der Waals surface area (Å²) in [5.41, 5.74) is 0.953. The highest BCUT2D eigenvalue weighted by molar-refractivity contribution is 5.96. The van der Waals surface area contributed by atoms with Crippen molar-refractivity contribution in [3.8, 4) is 11.8 Å². The monoisotopic (exact) mass is 312 g/mol. The molecule has 0 saturated carbocycles. The van der Waals surface area contributed by atoms with Crippen molar-refractivity contribution in [2.24, 2.45) is 0 Å². The van der Waals surface area contributed by atoms with E-state index in [9.17, 15) is 0 Å². The largest absolute Gasteiger partial charge is 0.423 e. The number of benzene rings is 3. The number of hydrogen-bond donors (Lipinski definition) is 0. The minimum atomic E-state index is 0.286. The van der Waals surface area contributed by atoms with Crippen LogP contribution in [0.25, 0.3) is 27.5 Å². The highest BCUT2D eigenvalue weighted by atomic mass is 16.5. The first-order valence-electron chi connectivity index (χ1n) is 7.64. The molecule has 114 valence electrons. The molecule has 5 aromatic rings. The summed E-state index contributed by atoms with van der Waals surface area (Å²) in [6.07, 6.45) is 1.82. The van der Waals surface area contributed by atoms with Crippen LogP contribution in [0.5, 0.6) is 11.8 Å². The first-order valence-corrected chi connectivity index (χ1v) is 7.64. The van der Waals surface area contributed by atoms with E-state index in [0.717, 1.165) is 16.3 Å². The lowest BCUT2D eigenvalue weighted by atomic mass is 10.1. The number of ether oxygens (including phenoxy) is 1. The fourth-order valence-corrected chi connectivity index (χ4v) is 2.83. The maximum atomic E-state index is 5.72. The second-order valence-electron chi connectivity index (χ2n) is 5.54. The lowest BCUT2D eigenvalue weighted by molar-refractivity contribution is 0.443. The summed E-state index contributed by atoms with van der Waals surface area (Å²) in [7, 11) is 0. The first kappa shape index (κ1) is 13.0. The van der Waals surface area contributed by atoms with Crippen LogP contribution in [0.2, 0.25) is 0 Å².